The number of rotatable bonds is 6. The van der Waals surface area contributed by atoms with Crippen LogP contribution in [0.25, 0.3) is 10.8 Å². The molecule has 1 amide bonds. The molecule has 140 valence electrons. The Morgan fingerprint density at radius 3 is 2.44 bits per heavy atom. The van der Waals surface area contributed by atoms with Crippen LogP contribution in [-0.2, 0) is 14.8 Å². The fourth-order valence-electron chi connectivity index (χ4n) is 2.80. The standard InChI is InChI=1S/C21H22N2O3S/c1-15-7-8-16(2)20(13-15)23-21(24)11-12-22-27(25,26)19-10-9-17-5-3-4-6-18(17)14-19/h3-10,13-14,22H,11-12H2,1-2H3,(H,23,24). The lowest BCUT2D eigenvalue weighted by Gasteiger charge is -2.10. The van der Waals surface area contributed by atoms with Crippen LogP contribution >= 0.6 is 0 Å². The number of hydrogen-bond acceptors (Lipinski definition) is 3. The van der Waals surface area contributed by atoms with E-state index in [1.165, 1.54) is 0 Å². The van der Waals surface area contributed by atoms with Crippen molar-refractivity contribution in [3.63, 3.8) is 0 Å². The van der Waals surface area contributed by atoms with Crippen LogP contribution in [0.5, 0.6) is 0 Å². The molecule has 0 saturated heterocycles. The summed E-state index contributed by atoms with van der Waals surface area (Å²) < 4.78 is 27.4. The Hall–Kier alpha value is -2.70. The van der Waals surface area contributed by atoms with Crippen molar-refractivity contribution in [1.29, 1.82) is 0 Å². The van der Waals surface area contributed by atoms with Crippen molar-refractivity contribution in [2.24, 2.45) is 0 Å². The lowest BCUT2D eigenvalue weighted by molar-refractivity contribution is -0.116. The first-order valence-corrected chi connectivity index (χ1v) is 10.2. The van der Waals surface area contributed by atoms with Crippen molar-refractivity contribution in [3.8, 4) is 0 Å². The van der Waals surface area contributed by atoms with E-state index in [2.05, 4.69) is 10.0 Å². The van der Waals surface area contributed by atoms with Gasteiger partial charge in [-0.15, -0.1) is 0 Å². The first-order valence-electron chi connectivity index (χ1n) is 8.71. The summed E-state index contributed by atoms with van der Waals surface area (Å²) in [7, 11) is -3.67. The van der Waals surface area contributed by atoms with Gasteiger partial charge in [0, 0.05) is 18.7 Å². The monoisotopic (exact) mass is 382 g/mol. The van der Waals surface area contributed by atoms with Gasteiger partial charge < -0.3 is 5.32 Å². The van der Waals surface area contributed by atoms with Crippen molar-refractivity contribution in [2.75, 3.05) is 11.9 Å². The van der Waals surface area contributed by atoms with Crippen LogP contribution in [0.15, 0.2) is 65.6 Å². The Morgan fingerprint density at radius 1 is 0.926 bits per heavy atom. The number of carbonyl (C=O) groups excluding carboxylic acids is 1. The lowest BCUT2D eigenvalue weighted by Crippen LogP contribution is -2.28. The van der Waals surface area contributed by atoms with E-state index in [-0.39, 0.29) is 23.8 Å². The molecule has 3 aromatic rings. The molecule has 0 saturated carbocycles. The largest absolute Gasteiger partial charge is 0.326 e. The van der Waals surface area contributed by atoms with E-state index in [1.807, 2.05) is 56.3 Å². The first kappa shape index (κ1) is 19.1. The number of nitrogens with one attached hydrogen (secondary N) is 2. The summed E-state index contributed by atoms with van der Waals surface area (Å²) in [6.45, 7) is 3.90. The van der Waals surface area contributed by atoms with Crippen LogP contribution in [-0.4, -0.2) is 20.9 Å². The third-order valence-electron chi connectivity index (χ3n) is 4.34. The Bertz CT molecular complexity index is 1090. The first-order chi connectivity index (χ1) is 12.8. The number of sulfonamides is 1. The van der Waals surface area contributed by atoms with E-state index in [0.717, 1.165) is 27.6 Å². The van der Waals surface area contributed by atoms with Crippen LogP contribution in [0.3, 0.4) is 0 Å². The average molecular weight is 382 g/mol. The van der Waals surface area contributed by atoms with E-state index in [0.29, 0.717) is 0 Å². The fourth-order valence-corrected chi connectivity index (χ4v) is 3.87. The second-order valence-electron chi connectivity index (χ2n) is 6.52. The maximum absolute atomic E-state index is 12.5. The van der Waals surface area contributed by atoms with Gasteiger partial charge >= 0.3 is 0 Å². The van der Waals surface area contributed by atoms with Gasteiger partial charge in [-0.1, -0.05) is 42.5 Å². The maximum atomic E-state index is 12.5. The van der Waals surface area contributed by atoms with E-state index in [9.17, 15) is 13.2 Å². The van der Waals surface area contributed by atoms with Gasteiger partial charge in [-0.05, 0) is 53.9 Å². The minimum Gasteiger partial charge on any atom is -0.326 e. The number of hydrogen-bond donors (Lipinski definition) is 2. The van der Waals surface area contributed by atoms with Crippen LogP contribution in [0.2, 0.25) is 0 Å². The average Bonchev–Trinajstić information content (AvgIpc) is 2.64. The summed E-state index contributed by atoms with van der Waals surface area (Å²) in [5, 5.41) is 4.66. The summed E-state index contributed by atoms with van der Waals surface area (Å²) in [6.07, 6.45) is 0.0557. The molecule has 0 aliphatic rings. The Balaban J connectivity index is 1.61. The van der Waals surface area contributed by atoms with Crippen molar-refractivity contribution in [3.05, 3.63) is 71.8 Å². The molecule has 3 rings (SSSR count). The molecule has 2 N–H and O–H groups in total. The number of benzene rings is 3. The Labute approximate surface area is 159 Å². The molecule has 27 heavy (non-hydrogen) atoms. The number of carbonyl (C=O) groups is 1. The van der Waals surface area contributed by atoms with E-state index < -0.39 is 10.0 Å². The van der Waals surface area contributed by atoms with Gasteiger partial charge in [0.15, 0.2) is 0 Å². The second-order valence-corrected chi connectivity index (χ2v) is 8.29. The molecular weight excluding hydrogens is 360 g/mol. The number of fused-ring (bicyclic) bond motifs is 1. The van der Waals surface area contributed by atoms with Crippen molar-refractivity contribution in [1.82, 2.24) is 4.72 Å². The number of amides is 1. The summed E-state index contributed by atoms with van der Waals surface area (Å²) in [6, 6.07) is 18.4. The van der Waals surface area contributed by atoms with Gasteiger partial charge in [-0.2, -0.15) is 0 Å². The van der Waals surface area contributed by atoms with Crippen LogP contribution in [0, 0.1) is 13.8 Å². The molecule has 0 aromatic heterocycles. The molecule has 5 nitrogen and oxygen atoms in total. The fraction of sp³-hybridized carbons (Fsp3) is 0.190. The Morgan fingerprint density at radius 2 is 1.67 bits per heavy atom. The van der Waals surface area contributed by atoms with Gasteiger partial charge in [-0.25, -0.2) is 13.1 Å². The predicted octanol–water partition coefficient (Wildman–Crippen LogP) is 3.76. The van der Waals surface area contributed by atoms with Crippen molar-refractivity contribution < 1.29 is 13.2 Å². The summed E-state index contributed by atoms with van der Waals surface area (Å²) in [4.78, 5) is 12.3. The lowest BCUT2D eigenvalue weighted by atomic mass is 10.1. The van der Waals surface area contributed by atoms with Crippen molar-refractivity contribution in [2.45, 2.75) is 25.2 Å². The third-order valence-corrected chi connectivity index (χ3v) is 5.80. The van der Waals surface area contributed by atoms with Crippen LogP contribution < -0.4 is 10.0 Å². The minimum atomic E-state index is -3.67. The molecule has 0 fully saturated rings. The quantitative estimate of drug-likeness (QED) is 0.681. The predicted molar refractivity (Wildman–Crippen MR) is 108 cm³/mol. The van der Waals surface area contributed by atoms with Crippen LogP contribution in [0.4, 0.5) is 5.69 Å². The highest BCUT2D eigenvalue weighted by molar-refractivity contribution is 7.89. The van der Waals surface area contributed by atoms with Gasteiger partial charge in [0.1, 0.15) is 0 Å². The van der Waals surface area contributed by atoms with E-state index >= 15 is 0 Å². The molecule has 6 heteroatoms. The maximum Gasteiger partial charge on any atom is 0.240 e. The molecule has 0 bridgehead atoms. The molecule has 0 atom stereocenters. The smallest absolute Gasteiger partial charge is 0.240 e. The zero-order valence-corrected chi connectivity index (χ0v) is 16.1. The van der Waals surface area contributed by atoms with E-state index in [1.54, 1.807) is 18.2 Å². The SMILES string of the molecule is Cc1ccc(C)c(NC(=O)CCNS(=O)(=O)c2ccc3ccccc3c2)c1. The third kappa shape index (κ3) is 4.72. The number of aryl methyl sites for hydroxylation is 2. The zero-order valence-electron chi connectivity index (χ0n) is 15.3. The van der Waals surface area contributed by atoms with Gasteiger partial charge in [0.05, 0.1) is 4.90 Å². The highest BCUT2D eigenvalue weighted by Gasteiger charge is 2.15. The molecular formula is C21H22N2O3S. The van der Waals surface area contributed by atoms with Gasteiger partial charge in [0.25, 0.3) is 0 Å². The number of anilines is 1. The highest BCUT2D eigenvalue weighted by Crippen LogP contribution is 2.19. The van der Waals surface area contributed by atoms with E-state index in [4.69, 9.17) is 0 Å². The van der Waals surface area contributed by atoms with Crippen molar-refractivity contribution >= 4 is 32.4 Å². The minimum absolute atomic E-state index is 0.0336. The topological polar surface area (TPSA) is 75.3 Å². The zero-order chi connectivity index (χ0) is 19.4. The molecule has 0 spiro atoms. The normalized spacial score (nSPS) is 11.5. The van der Waals surface area contributed by atoms with Crippen LogP contribution in [0.1, 0.15) is 17.5 Å². The van der Waals surface area contributed by atoms with Gasteiger partial charge in [-0.3, -0.25) is 4.79 Å². The molecule has 3 aromatic carbocycles. The summed E-state index contributed by atoms with van der Waals surface area (Å²) in [5.74, 6) is -0.232. The molecule has 0 aliphatic carbocycles. The van der Waals surface area contributed by atoms with Gasteiger partial charge in [0.2, 0.25) is 15.9 Å². The molecule has 0 unspecified atom stereocenters. The summed E-state index contributed by atoms with van der Waals surface area (Å²) in [5.41, 5.74) is 2.76. The molecule has 0 radical (unpaired) electrons. The Kier molecular flexibility index (Phi) is 5.58. The highest BCUT2D eigenvalue weighted by atomic mass is 32.2. The second kappa shape index (κ2) is 7.90. The molecule has 0 aliphatic heterocycles. The molecule has 0 heterocycles. The summed E-state index contributed by atoms with van der Waals surface area (Å²) >= 11 is 0.